The van der Waals surface area contributed by atoms with Gasteiger partial charge in [-0.1, -0.05) is 13.0 Å². The number of benzene rings is 2. The summed E-state index contributed by atoms with van der Waals surface area (Å²) in [6, 6.07) is 11.3. The fraction of sp³-hybridized carbons (Fsp3) is 0.417. The van der Waals surface area contributed by atoms with Gasteiger partial charge in [-0.05, 0) is 68.1 Å². The Morgan fingerprint density at radius 3 is 2.42 bits per heavy atom. The Bertz CT molecular complexity index is 943. The Morgan fingerprint density at radius 1 is 1.10 bits per heavy atom. The molecule has 166 valence electrons. The highest BCUT2D eigenvalue weighted by molar-refractivity contribution is 5.94. The fourth-order valence-electron chi connectivity index (χ4n) is 3.41. The van der Waals surface area contributed by atoms with Crippen molar-refractivity contribution < 1.29 is 14.0 Å². The molecule has 2 N–H and O–H groups in total. The lowest BCUT2D eigenvalue weighted by atomic mass is 10.1. The van der Waals surface area contributed by atoms with E-state index in [1.165, 1.54) is 12.1 Å². The highest BCUT2D eigenvalue weighted by Crippen LogP contribution is 2.31. The topological polar surface area (TPSA) is 64.7 Å². The van der Waals surface area contributed by atoms with E-state index >= 15 is 0 Å². The molecule has 0 radical (unpaired) electrons. The van der Waals surface area contributed by atoms with Gasteiger partial charge in [0, 0.05) is 49.7 Å². The van der Waals surface area contributed by atoms with E-state index in [-0.39, 0.29) is 23.9 Å². The van der Waals surface area contributed by atoms with E-state index in [1.54, 1.807) is 17.0 Å². The maximum absolute atomic E-state index is 13.5. The molecule has 0 heterocycles. The Hall–Kier alpha value is -3.09. The minimum atomic E-state index is -0.401. The number of carbonyl (C=O) groups is 2. The molecule has 3 amide bonds. The Labute approximate surface area is 183 Å². The van der Waals surface area contributed by atoms with Crippen LogP contribution in [0.4, 0.5) is 26.2 Å². The van der Waals surface area contributed by atoms with Gasteiger partial charge in [0.25, 0.3) is 0 Å². The Morgan fingerprint density at radius 2 is 1.81 bits per heavy atom. The monoisotopic (exact) mass is 426 g/mol. The average molecular weight is 427 g/mol. The summed E-state index contributed by atoms with van der Waals surface area (Å²) < 4.78 is 13.5. The van der Waals surface area contributed by atoms with Gasteiger partial charge >= 0.3 is 6.03 Å². The summed E-state index contributed by atoms with van der Waals surface area (Å²) >= 11 is 0. The third-order valence-electron chi connectivity index (χ3n) is 5.58. The lowest BCUT2D eigenvalue weighted by Crippen LogP contribution is -2.41. The molecule has 0 aromatic heterocycles. The molecule has 2 aromatic rings. The highest BCUT2D eigenvalue weighted by atomic mass is 19.1. The molecule has 1 aliphatic carbocycles. The molecule has 3 rings (SSSR count). The molecular formula is C24H31FN4O2. The van der Waals surface area contributed by atoms with Crippen LogP contribution >= 0.6 is 0 Å². The van der Waals surface area contributed by atoms with E-state index in [0.29, 0.717) is 12.2 Å². The van der Waals surface area contributed by atoms with Crippen LogP contribution in [0.5, 0.6) is 0 Å². The van der Waals surface area contributed by atoms with E-state index < -0.39 is 5.82 Å². The van der Waals surface area contributed by atoms with Crippen LogP contribution in [0.1, 0.15) is 38.7 Å². The standard InChI is InChI=1S/C24H31FN4O2/c1-5-16(2)29(24(31)27-20-8-6-7-19(25)14-20)15-18-13-21(11-12-22(18)28(3)4)26-23(30)17-9-10-17/h6-8,11-14,16-17H,5,9-10,15H2,1-4H3,(H,26,30)(H,27,31)/t16-/m1/s1. The Balaban J connectivity index is 1.84. The zero-order valence-electron chi connectivity index (χ0n) is 18.6. The number of anilines is 3. The number of nitrogens with zero attached hydrogens (tertiary/aromatic N) is 2. The lowest BCUT2D eigenvalue weighted by Gasteiger charge is -2.31. The molecular weight excluding hydrogens is 395 g/mol. The summed E-state index contributed by atoms with van der Waals surface area (Å²) in [5, 5.41) is 5.78. The molecule has 1 aliphatic rings. The smallest absolute Gasteiger partial charge is 0.322 e. The first-order chi connectivity index (χ1) is 14.8. The minimum absolute atomic E-state index is 0.0340. The normalized spacial score (nSPS) is 14.0. The molecule has 1 atom stereocenters. The van der Waals surface area contributed by atoms with Crippen molar-refractivity contribution in [3.8, 4) is 0 Å². The largest absolute Gasteiger partial charge is 0.377 e. The van der Waals surface area contributed by atoms with Crippen molar-refractivity contribution in [1.29, 1.82) is 0 Å². The second-order valence-electron chi connectivity index (χ2n) is 8.33. The number of hydrogen-bond acceptors (Lipinski definition) is 3. The summed E-state index contributed by atoms with van der Waals surface area (Å²) in [4.78, 5) is 29.0. The van der Waals surface area contributed by atoms with E-state index in [0.717, 1.165) is 36.2 Å². The van der Waals surface area contributed by atoms with Gasteiger partial charge in [0.15, 0.2) is 0 Å². The zero-order chi connectivity index (χ0) is 22.5. The van der Waals surface area contributed by atoms with Crippen LogP contribution in [0.25, 0.3) is 0 Å². The van der Waals surface area contributed by atoms with Crippen molar-refractivity contribution in [2.75, 3.05) is 29.6 Å². The molecule has 0 unspecified atom stereocenters. The van der Waals surface area contributed by atoms with Crippen LogP contribution in [-0.4, -0.2) is 37.0 Å². The first-order valence-corrected chi connectivity index (χ1v) is 10.7. The zero-order valence-corrected chi connectivity index (χ0v) is 18.6. The maximum atomic E-state index is 13.5. The molecule has 0 bridgehead atoms. The summed E-state index contributed by atoms with van der Waals surface area (Å²) in [7, 11) is 3.89. The van der Waals surface area contributed by atoms with Crippen molar-refractivity contribution in [2.45, 2.75) is 45.7 Å². The third-order valence-corrected chi connectivity index (χ3v) is 5.58. The van der Waals surface area contributed by atoms with E-state index in [9.17, 15) is 14.0 Å². The molecule has 31 heavy (non-hydrogen) atoms. The van der Waals surface area contributed by atoms with E-state index in [1.807, 2.05) is 51.0 Å². The molecule has 2 aromatic carbocycles. The van der Waals surface area contributed by atoms with Crippen molar-refractivity contribution >= 4 is 29.0 Å². The number of nitrogens with one attached hydrogen (secondary N) is 2. The van der Waals surface area contributed by atoms with Gasteiger partial charge in [-0.25, -0.2) is 9.18 Å². The van der Waals surface area contributed by atoms with Gasteiger partial charge in [0.1, 0.15) is 5.82 Å². The van der Waals surface area contributed by atoms with Crippen LogP contribution in [0.2, 0.25) is 0 Å². The summed E-state index contributed by atoms with van der Waals surface area (Å²) in [6.45, 7) is 4.36. The highest BCUT2D eigenvalue weighted by Gasteiger charge is 2.30. The molecule has 0 spiro atoms. The summed E-state index contributed by atoms with van der Waals surface area (Å²) in [5.74, 6) is -0.237. The first-order valence-electron chi connectivity index (χ1n) is 10.7. The number of amides is 3. The Kier molecular flexibility index (Phi) is 7.15. The molecule has 6 nitrogen and oxygen atoms in total. The lowest BCUT2D eigenvalue weighted by molar-refractivity contribution is -0.117. The molecule has 1 saturated carbocycles. The summed E-state index contributed by atoms with van der Waals surface area (Å²) in [6.07, 6.45) is 2.65. The molecule has 0 saturated heterocycles. The summed E-state index contributed by atoms with van der Waals surface area (Å²) in [5.41, 5.74) is 3.04. The molecule has 0 aliphatic heterocycles. The predicted octanol–water partition coefficient (Wildman–Crippen LogP) is 5.07. The number of halogens is 1. The van der Waals surface area contributed by atoms with Crippen LogP contribution in [0, 0.1) is 11.7 Å². The average Bonchev–Trinajstić information content (AvgIpc) is 3.57. The second-order valence-corrected chi connectivity index (χ2v) is 8.33. The molecule has 7 heteroatoms. The van der Waals surface area contributed by atoms with Crippen molar-refractivity contribution in [3.05, 3.63) is 53.8 Å². The van der Waals surface area contributed by atoms with Crippen LogP contribution in [0.3, 0.4) is 0 Å². The van der Waals surface area contributed by atoms with Crippen LogP contribution < -0.4 is 15.5 Å². The van der Waals surface area contributed by atoms with E-state index in [2.05, 4.69) is 10.6 Å². The van der Waals surface area contributed by atoms with Crippen molar-refractivity contribution in [1.82, 2.24) is 4.90 Å². The van der Waals surface area contributed by atoms with Gasteiger partial charge in [-0.2, -0.15) is 0 Å². The number of rotatable bonds is 8. The predicted molar refractivity (Wildman–Crippen MR) is 123 cm³/mol. The fourth-order valence-corrected chi connectivity index (χ4v) is 3.41. The maximum Gasteiger partial charge on any atom is 0.322 e. The molecule has 1 fully saturated rings. The van der Waals surface area contributed by atoms with Gasteiger partial charge < -0.3 is 20.4 Å². The van der Waals surface area contributed by atoms with E-state index in [4.69, 9.17) is 0 Å². The first kappa shape index (κ1) is 22.6. The van der Waals surface area contributed by atoms with Crippen molar-refractivity contribution in [2.24, 2.45) is 5.92 Å². The van der Waals surface area contributed by atoms with Gasteiger partial charge in [-0.3, -0.25) is 4.79 Å². The van der Waals surface area contributed by atoms with Crippen LogP contribution in [0.15, 0.2) is 42.5 Å². The van der Waals surface area contributed by atoms with Gasteiger partial charge in [0.2, 0.25) is 5.91 Å². The SMILES string of the molecule is CC[C@@H](C)N(Cc1cc(NC(=O)C2CC2)ccc1N(C)C)C(=O)Nc1cccc(F)c1. The second kappa shape index (κ2) is 9.81. The number of hydrogen-bond donors (Lipinski definition) is 2. The van der Waals surface area contributed by atoms with Gasteiger partial charge in [-0.15, -0.1) is 0 Å². The third kappa shape index (κ3) is 5.96. The van der Waals surface area contributed by atoms with Crippen LogP contribution in [-0.2, 0) is 11.3 Å². The number of carbonyl (C=O) groups excluding carboxylic acids is 2. The minimum Gasteiger partial charge on any atom is -0.377 e. The number of urea groups is 1. The van der Waals surface area contributed by atoms with Gasteiger partial charge in [0.05, 0.1) is 0 Å². The van der Waals surface area contributed by atoms with Crippen molar-refractivity contribution in [3.63, 3.8) is 0 Å². The quantitative estimate of drug-likeness (QED) is 0.619.